The van der Waals surface area contributed by atoms with Gasteiger partial charge in [-0.25, -0.2) is 0 Å². The molecule has 18 heavy (non-hydrogen) atoms. The molecule has 0 aliphatic heterocycles. The summed E-state index contributed by atoms with van der Waals surface area (Å²) in [5.74, 6) is -0.116. The van der Waals surface area contributed by atoms with E-state index in [1.54, 1.807) is 6.07 Å². The minimum absolute atomic E-state index is 0.116. The van der Waals surface area contributed by atoms with Crippen LogP contribution in [0.25, 0.3) is 0 Å². The molecule has 0 aliphatic rings. The zero-order chi connectivity index (χ0) is 14.1. The third-order valence-corrected chi connectivity index (χ3v) is 4.02. The Morgan fingerprint density at radius 3 is 2.28 bits per heavy atom. The molecule has 3 N–H and O–H groups in total. The van der Waals surface area contributed by atoms with Gasteiger partial charge in [0.25, 0.3) is 0 Å². The Hall–Kier alpha value is -1.06. The smallest absolute Gasteiger partial charge is 0.231 e. The second-order valence-corrected chi connectivity index (χ2v) is 6.17. The normalized spacial score (nSPS) is 12.4. The fourth-order valence-electron chi connectivity index (χ4n) is 1.25. The van der Waals surface area contributed by atoms with Gasteiger partial charge in [-0.05, 0) is 52.3 Å². The number of carbonyl (C=O) groups is 1. The number of rotatable bonds is 3. The molecule has 3 nitrogen and oxygen atoms in total. The molecule has 0 saturated heterocycles. The number of benzene rings is 1. The Labute approximate surface area is 114 Å². The molecule has 0 spiro atoms. The van der Waals surface area contributed by atoms with Gasteiger partial charge < -0.3 is 11.1 Å². The fraction of sp³-hybridized carbons (Fsp3) is 0.500. The van der Waals surface area contributed by atoms with E-state index in [0.717, 1.165) is 5.56 Å². The minimum Gasteiger partial charge on any atom is -0.326 e. The van der Waals surface area contributed by atoms with Gasteiger partial charge in [0.05, 0.1) is 5.41 Å². The highest BCUT2D eigenvalue weighted by Crippen LogP contribution is 2.30. The molecule has 0 radical (unpaired) electrons. The van der Waals surface area contributed by atoms with Gasteiger partial charge in [0.1, 0.15) is 0 Å². The summed E-state index contributed by atoms with van der Waals surface area (Å²) >= 11 is 6.03. The van der Waals surface area contributed by atoms with Crippen LogP contribution in [0.15, 0.2) is 18.2 Å². The fourth-order valence-corrected chi connectivity index (χ4v) is 1.43. The first-order valence-electron chi connectivity index (χ1n) is 5.92. The van der Waals surface area contributed by atoms with Crippen molar-refractivity contribution in [2.24, 2.45) is 11.1 Å². The van der Waals surface area contributed by atoms with Crippen LogP contribution in [0.5, 0.6) is 0 Å². The van der Waals surface area contributed by atoms with Crippen LogP contribution in [0.4, 0.5) is 5.69 Å². The third kappa shape index (κ3) is 3.03. The molecule has 0 bridgehead atoms. The van der Waals surface area contributed by atoms with Gasteiger partial charge in [-0.1, -0.05) is 17.7 Å². The summed E-state index contributed by atoms with van der Waals surface area (Å²) in [6.45, 7) is 9.26. The predicted octanol–water partition coefficient (Wildman–Crippen LogP) is 3.35. The largest absolute Gasteiger partial charge is 0.326 e. The molecular weight excluding hydrogens is 248 g/mol. The quantitative estimate of drug-likeness (QED) is 0.883. The molecule has 0 unspecified atom stereocenters. The summed E-state index contributed by atoms with van der Waals surface area (Å²) in [4.78, 5) is 12.2. The van der Waals surface area contributed by atoms with Gasteiger partial charge in [-0.2, -0.15) is 0 Å². The highest BCUT2D eigenvalue weighted by Gasteiger charge is 2.40. The lowest BCUT2D eigenvalue weighted by Crippen LogP contribution is -2.53. The van der Waals surface area contributed by atoms with Crippen molar-refractivity contribution >= 4 is 23.2 Å². The molecule has 0 atom stereocenters. The maximum Gasteiger partial charge on any atom is 0.231 e. The number of hydrogen-bond donors (Lipinski definition) is 2. The first-order chi connectivity index (χ1) is 8.05. The highest BCUT2D eigenvalue weighted by molar-refractivity contribution is 6.31. The zero-order valence-corrected chi connectivity index (χ0v) is 12.4. The molecule has 100 valence electrons. The van der Waals surface area contributed by atoms with E-state index in [1.807, 2.05) is 46.8 Å². The monoisotopic (exact) mass is 268 g/mol. The number of carbonyl (C=O) groups excluding carboxylic acids is 1. The van der Waals surface area contributed by atoms with Crippen molar-refractivity contribution in [1.29, 1.82) is 0 Å². The van der Waals surface area contributed by atoms with E-state index in [9.17, 15) is 4.79 Å². The van der Waals surface area contributed by atoms with Crippen LogP contribution in [0.3, 0.4) is 0 Å². The number of amides is 1. The number of anilines is 1. The van der Waals surface area contributed by atoms with Crippen LogP contribution in [0.1, 0.15) is 33.3 Å². The molecule has 0 heterocycles. The van der Waals surface area contributed by atoms with Crippen molar-refractivity contribution in [3.63, 3.8) is 0 Å². The number of halogens is 1. The topological polar surface area (TPSA) is 55.1 Å². The number of hydrogen-bond acceptors (Lipinski definition) is 2. The van der Waals surface area contributed by atoms with E-state index in [4.69, 9.17) is 17.3 Å². The van der Waals surface area contributed by atoms with E-state index in [-0.39, 0.29) is 5.91 Å². The van der Waals surface area contributed by atoms with Crippen LogP contribution >= 0.6 is 11.6 Å². The molecule has 0 saturated carbocycles. The first-order valence-corrected chi connectivity index (χ1v) is 6.30. The SMILES string of the molecule is Cc1ccc(NC(=O)C(C)(C)C(C)(C)N)cc1Cl. The molecular formula is C14H21ClN2O. The minimum atomic E-state index is -0.676. The Kier molecular flexibility index (Phi) is 4.08. The lowest BCUT2D eigenvalue weighted by atomic mass is 9.74. The van der Waals surface area contributed by atoms with E-state index < -0.39 is 11.0 Å². The Morgan fingerprint density at radius 2 is 1.83 bits per heavy atom. The summed E-state index contributed by atoms with van der Waals surface area (Å²) < 4.78 is 0. The Balaban J connectivity index is 2.91. The number of aryl methyl sites for hydroxylation is 1. The number of nitrogens with one attached hydrogen (secondary N) is 1. The Bertz CT molecular complexity index is 461. The van der Waals surface area contributed by atoms with Crippen molar-refractivity contribution in [2.45, 2.75) is 40.2 Å². The van der Waals surface area contributed by atoms with E-state index in [2.05, 4.69) is 5.32 Å². The summed E-state index contributed by atoms with van der Waals surface area (Å²) in [5, 5.41) is 3.49. The summed E-state index contributed by atoms with van der Waals surface area (Å²) in [6.07, 6.45) is 0. The second-order valence-electron chi connectivity index (χ2n) is 5.76. The summed E-state index contributed by atoms with van der Waals surface area (Å²) in [6, 6.07) is 5.45. The Morgan fingerprint density at radius 1 is 1.28 bits per heavy atom. The van der Waals surface area contributed by atoms with Crippen LogP contribution < -0.4 is 11.1 Å². The first kappa shape index (κ1) is 15.0. The van der Waals surface area contributed by atoms with Crippen molar-refractivity contribution in [1.82, 2.24) is 0 Å². The average Bonchev–Trinajstić information content (AvgIpc) is 2.21. The third-order valence-electron chi connectivity index (χ3n) is 3.61. The summed E-state index contributed by atoms with van der Waals surface area (Å²) in [5.41, 5.74) is 6.42. The van der Waals surface area contributed by atoms with Crippen molar-refractivity contribution in [2.75, 3.05) is 5.32 Å². The zero-order valence-electron chi connectivity index (χ0n) is 11.6. The maximum atomic E-state index is 12.2. The van der Waals surface area contributed by atoms with Crippen LogP contribution in [0, 0.1) is 12.3 Å². The molecule has 1 aromatic rings. The van der Waals surface area contributed by atoms with Crippen LogP contribution in [-0.4, -0.2) is 11.4 Å². The second kappa shape index (κ2) is 4.90. The lowest BCUT2D eigenvalue weighted by molar-refractivity contribution is -0.126. The van der Waals surface area contributed by atoms with Crippen molar-refractivity contribution in [3.8, 4) is 0 Å². The maximum absolute atomic E-state index is 12.2. The molecule has 0 aromatic heterocycles. The average molecular weight is 269 g/mol. The number of nitrogens with two attached hydrogens (primary N) is 1. The highest BCUT2D eigenvalue weighted by atomic mass is 35.5. The molecule has 1 amide bonds. The van der Waals surface area contributed by atoms with Crippen LogP contribution in [0.2, 0.25) is 5.02 Å². The molecule has 4 heteroatoms. The van der Waals surface area contributed by atoms with Gasteiger partial charge in [-0.3, -0.25) is 4.79 Å². The molecule has 1 aromatic carbocycles. The van der Waals surface area contributed by atoms with Gasteiger partial charge in [0, 0.05) is 16.2 Å². The lowest BCUT2D eigenvalue weighted by Gasteiger charge is -2.36. The van der Waals surface area contributed by atoms with Gasteiger partial charge in [-0.15, -0.1) is 0 Å². The molecule has 1 rings (SSSR count). The standard InChI is InChI=1S/C14H21ClN2O/c1-9-6-7-10(8-11(9)15)17-12(18)13(2,3)14(4,5)16/h6-8H,16H2,1-5H3,(H,17,18). The van der Waals surface area contributed by atoms with Crippen LogP contribution in [-0.2, 0) is 4.79 Å². The predicted molar refractivity (Wildman–Crippen MR) is 76.9 cm³/mol. The molecule has 0 fully saturated rings. The van der Waals surface area contributed by atoms with E-state index >= 15 is 0 Å². The molecule has 0 aliphatic carbocycles. The van der Waals surface area contributed by atoms with Gasteiger partial charge >= 0.3 is 0 Å². The summed E-state index contributed by atoms with van der Waals surface area (Å²) in [7, 11) is 0. The van der Waals surface area contributed by atoms with Gasteiger partial charge in [0.2, 0.25) is 5.91 Å². The van der Waals surface area contributed by atoms with Crippen molar-refractivity contribution in [3.05, 3.63) is 28.8 Å². The van der Waals surface area contributed by atoms with E-state index in [1.165, 1.54) is 0 Å². The van der Waals surface area contributed by atoms with Gasteiger partial charge in [0.15, 0.2) is 0 Å². The van der Waals surface area contributed by atoms with Crippen molar-refractivity contribution < 1.29 is 4.79 Å². The van der Waals surface area contributed by atoms with E-state index in [0.29, 0.717) is 10.7 Å².